The molecule has 1 unspecified atom stereocenters. The van der Waals surface area contributed by atoms with Crippen LogP contribution in [-0.4, -0.2) is 17.1 Å². The van der Waals surface area contributed by atoms with Crippen molar-refractivity contribution in [3.05, 3.63) is 105 Å². The topological polar surface area (TPSA) is 73.2 Å². The van der Waals surface area contributed by atoms with E-state index in [1.807, 2.05) is 75.4 Å². The number of rotatable bonds is 5. The van der Waals surface area contributed by atoms with Crippen molar-refractivity contribution in [2.45, 2.75) is 32.4 Å². The lowest BCUT2D eigenvalue weighted by Crippen LogP contribution is -2.31. The number of aryl methyl sites for hydroxylation is 3. The van der Waals surface area contributed by atoms with E-state index in [-0.39, 0.29) is 11.5 Å². The summed E-state index contributed by atoms with van der Waals surface area (Å²) in [6, 6.07) is 22.5. The van der Waals surface area contributed by atoms with Crippen LogP contribution in [0.15, 0.2) is 77.3 Å². The van der Waals surface area contributed by atoms with E-state index in [4.69, 9.17) is 11.6 Å². The lowest BCUT2D eigenvalue weighted by Gasteiger charge is -2.20. The molecule has 3 aromatic carbocycles. The molecule has 4 rings (SSSR count). The molecule has 2 amide bonds. The van der Waals surface area contributed by atoms with Gasteiger partial charge in [-0.05, 0) is 73.7 Å². The van der Waals surface area contributed by atoms with Gasteiger partial charge < -0.3 is 5.32 Å². The van der Waals surface area contributed by atoms with Crippen LogP contribution in [0, 0.1) is 32.1 Å². The second kappa shape index (κ2) is 10.4. The quantitative estimate of drug-likeness (QED) is 0.327. The maximum Gasteiger partial charge on any atom is 0.269 e. The number of hydrogen-bond donors (Lipinski definition) is 1. The summed E-state index contributed by atoms with van der Waals surface area (Å²) in [7, 11) is 0. The van der Waals surface area contributed by atoms with E-state index in [0.29, 0.717) is 27.8 Å². The minimum Gasteiger partial charge on any atom is -0.321 e. The molecule has 3 aromatic rings. The lowest BCUT2D eigenvalue weighted by molar-refractivity contribution is -0.117. The fourth-order valence-electron chi connectivity index (χ4n) is 3.85. The van der Waals surface area contributed by atoms with Crippen LogP contribution >= 0.6 is 23.4 Å². The Kier molecular flexibility index (Phi) is 7.30. The molecule has 1 saturated heterocycles. The molecule has 0 radical (unpaired) electrons. The number of carbonyl (C=O) groups is 2. The van der Waals surface area contributed by atoms with Gasteiger partial charge in [0.2, 0.25) is 5.91 Å². The normalized spacial score (nSPS) is 16.7. The van der Waals surface area contributed by atoms with Gasteiger partial charge in [0.1, 0.15) is 16.7 Å². The Hall–Kier alpha value is -3.53. The van der Waals surface area contributed by atoms with E-state index in [2.05, 4.69) is 11.4 Å². The van der Waals surface area contributed by atoms with Gasteiger partial charge in [0, 0.05) is 16.4 Å². The van der Waals surface area contributed by atoms with Crippen LogP contribution in [0.2, 0.25) is 5.02 Å². The van der Waals surface area contributed by atoms with Crippen molar-refractivity contribution in [1.29, 1.82) is 5.26 Å². The molecule has 0 aliphatic carbocycles. The third kappa shape index (κ3) is 5.12. The number of thioether (sulfide) groups is 1. The number of benzene rings is 3. The van der Waals surface area contributed by atoms with Gasteiger partial charge in [0.15, 0.2) is 0 Å². The second-order valence-corrected chi connectivity index (χ2v) is 10.0. The molecular weight excluding hydrogens is 478 g/mol. The van der Waals surface area contributed by atoms with Crippen LogP contribution in [0.5, 0.6) is 0 Å². The Morgan fingerprint density at radius 1 is 1.03 bits per heavy atom. The average Bonchev–Trinajstić information content (AvgIpc) is 3.14. The van der Waals surface area contributed by atoms with Gasteiger partial charge in [0.05, 0.1) is 5.25 Å². The highest BCUT2D eigenvalue weighted by Crippen LogP contribution is 2.43. The average molecular weight is 502 g/mol. The Bertz CT molecular complexity index is 1390. The van der Waals surface area contributed by atoms with Gasteiger partial charge in [-0.3, -0.25) is 14.5 Å². The first kappa shape index (κ1) is 24.6. The largest absolute Gasteiger partial charge is 0.321 e. The zero-order chi connectivity index (χ0) is 25.1. The minimum absolute atomic E-state index is 0.105. The van der Waals surface area contributed by atoms with E-state index in [1.54, 1.807) is 12.1 Å². The first-order valence-electron chi connectivity index (χ1n) is 11.1. The molecule has 7 heteroatoms. The van der Waals surface area contributed by atoms with Crippen molar-refractivity contribution in [3.63, 3.8) is 0 Å². The van der Waals surface area contributed by atoms with E-state index in [0.717, 1.165) is 22.3 Å². The molecule has 1 fully saturated rings. The molecule has 176 valence electrons. The van der Waals surface area contributed by atoms with E-state index in [9.17, 15) is 14.9 Å². The second-order valence-electron chi connectivity index (χ2n) is 8.41. The minimum atomic E-state index is -0.552. The highest BCUT2D eigenvalue weighted by Gasteiger charge is 2.41. The number of nitrogens with zero attached hydrogens (tertiary/aromatic N) is 2. The zero-order valence-electron chi connectivity index (χ0n) is 19.6. The van der Waals surface area contributed by atoms with E-state index in [1.165, 1.54) is 16.7 Å². The molecule has 1 aliphatic heterocycles. The first-order valence-corrected chi connectivity index (χ1v) is 12.4. The van der Waals surface area contributed by atoms with Crippen LogP contribution < -0.4 is 10.2 Å². The standard InChI is InChI=1S/C28H24ClN3O2S/c1-17-12-13-21(14-19(17)3)32-27(34)25(15-20-9-5-6-10-23(20)29)35-28(32)22(16-30)26(33)31-24-11-7-4-8-18(24)2/h4-14,25H,15H2,1-3H3,(H,31,33)/b28-22-. The first-order chi connectivity index (χ1) is 16.8. The van der Waals surface area contributed by atoms with Crippen LogP contribution in [0.3, 0.4) is 0 Å². The molecule has 1 N–H and O–H groups in total. The van der Waals surface area contributed by atoms with Gasteiger partial charge in [-0.2, -0.15) is 5.26 Å². The summed E-state index contributed by atoms with van der Waals surface area (Å²) in [5.74, 6) is -0.742. The van der Waals surface area contributed by atoms with Crippen molar-refractivity contribution < 1.29 is 9.59 Å². The Balaban J connectivity index is 1.77. The summed E-state index contributed by atoms with van der Waals surface area (Å²) in [5, 5.41) is 13.2. The highest BCUT2D eigenvalue weighted by atomic mass is 35.5. The van der Waals surface area contributed by atoms with Crippen molar-refractivity contribution in [1.82, 2.24) is 0 Å². The third-order valence-corrected chi connectivity index (χ3v) is 7.64. The van der Waals surface area contributed by atoms with Crippen LogP contribution in [-0.2, 0) is 16.0 Å². The number of anilines is 2. The van der Waals surface area contributed by atoms with Gasteiger partial charge in [-0.25, -0.2) is 0 Å². The fraction of sp³-hybridized carbons (Fsp3) is 0.179. The Morgan fingerprint density at radius 3 is 2.43 bits per heavy atom. The highest BCUT2D eigenvalue weighted by molar-refractivity contribution is 8.05. The van der Waals surface area contributed by atoms with E-state index >= 15 is 0 Å². The molecular formula is C28H24ClN3O2S. The molecule has 5 nitrogen and oxygen atoms in total. The molecule has 35 heavy (non-hydrogen) atoms. The van der Waals surface area contributed by atoms with Crippen LogP contribution in [0.25, 0.3) is 0 Å². The van der Waals surface area contributed by atoms with Gasteiger partial charge in [-0.1, -0.05) is 65.8 Å². The number of carbonyl (C=O) groups excluding carboxylic acids is 2. The Labute approximate surface area is 214 Å². The maximum absolute atomic E-state index is 13.7. The van der Waals surface area contributed by atoms with Crippen molar-refractivity contribution in [2.75, 3.05) is 10.2 Å². The number of nitriles is 1. The molecule has 1 atom stereocenters. The summed E-state index contributed by atoms with van der Waals surface area (Å²) >= 11 is 7.59. The maximum atomic E-state index is 13.7. The van der Waals surface area contributed by atoms with Crippen molar-refractivity contribution in [2.24, 2.45) is 0 Å². The Morgan fingerprint density at radius 2 is 1.74 bits per heavy atom. The molecule has 1 aliphatic rings. The van der Waals surface area contributed by atoms with Crippen molar-refractivity contribution in [3.8, 4) is 6.07 Å². The summed E-state index contributed by atoms with van der Waals surface area (Å²) in [6.45, 7) is 5.84. The van der Waals surface area contributed by atoms with Gasteiger partial charge >= 0.3 is 0 Å². The predicted octanol–water partition coefficient (Wildman–Crippen LogP) is 6.33. The summed E-state index contributed by atoms with van der Waals surface area (Å²) < 4.78 is 0. The lowest BCUT2D eigenvalue weighted by atomic mass is 10.1. The van der Waals surface area contributed by atoms with Gasteiger partial charge in [0.25, 0.3) is 5.91 Å². The van der Waals surface area contributed by atoms with E-state index < -0.39 is 11.2 Å². The molecule has 0 spiro atoms. The molecule has 0 saturated carbocycles. The monoisotopic (exact) mass is 501 g/mol. The van der Waals surface area contributed by atoms with Crippen LogP contribution in [0.1, 0.15) is 22.3 Å². The summed E-state index contributed by atoms with van der Waals surface area (Å²) in [4.78, 5) is 28.4. The zero-order valence-corrected chi connectivity index (χ0v) is 21.2. The molecule has 1 heterocycles. The SMILES string of the molecule is Cc1ccc(N2C(=O)C(Cc3ccccc3Cl)S/C2=C(/C#N)C(=O)Nc2ccccc2C)cc1C. The number of para-hydroxylation sites is 1. The fourth-order valence-corrected chi connectivity index (χ4v) is 5.36. The smallest absolute Gasteiger partial charge is 0.269 e. The summed E-state index contributed by atoms with van der Waals surface area (Å²) in [6.07, 6.45) is 0.381. The number of halogens is 1. The van der Waals surface area contributed by atoms with Crippen LogP contribution in [0.4, 0.5) is 11.4 Å². The van der Waals surface area contributed by atoms with Crippen molar-refractivity contribution >= 4 is 46.6 Å². The number of hydrogen-bond acceptors (Lipinski definition) is 4. The third-order valence-electron chi connectivity index (χ3n) is 6.01. The van der Waals surface area contributed by atoms with Gasteiger partial charge in [-0.15, -0.1) is 0 Å². The molecule has 0 aromatic heterocycles. The predicted molar refractivity (Wildman–Crippen MR) is 142 cm³/mol. The number of nitrogens with one attached hydrogen (secondary N) is 1. The molecule has 0 bridgehead atoms. The summed E-state index contributed by atoms with van der Waals surface area (Å²) in [5.41, 5.74) is 4.95. The number of amides is 2.